The first-order valence-electron chi connectivity index (χ1n) is 6.30. The summed E-state index contributed by atoms with van der Waals surface area (Å²) in [4.78, 5) is 12.0. The molecule has 2 rings (SSSR count). The maximum atomic E-state index is 13.5. The van der Waals surface area contributed by atoms with Crippen molar-refractivity contribution in [2.45, 2.75) is 12.3 Å². The van der Waals surface area contributed by atoms with E-state index in [2.05, 4.69) is 5.32 Å². The van der Waals surface area contributed by atoms with Gasteiger partial charge in [-0.15, -0.1) is 0 Å². The van der Waals surface area contributed by atoms with Crippen molar-refractivity contribution in [3.63, 3.8) is 0 Å². The fourth-order valence-corrected chi connectivity index (χ4v) is 2.40. The smallest absolute Gasteiger partial charge is 0.251 e. The summed E-state index contributed by atoms with van der Waals surface area (Å²) in [5, 5.41) is 2.74. The molecule has 0 aliphatic carbocycles. The molecular weight excluding hydrogens is 273 g/mol. The van der Waals surface area contributed by atoms with E-state index in [1.807, 2.05) is 24.5 Å². The van der Waals surface area contributed by atoms with Crippen molar-refractivity contribution in [3.05, 3.63) is 71.0 Å². The average molecular weight is 289 g/mol. The van der Waals surface area contributed by atoms with Gasteiger partial charge in [-0.3, -0.25) is 4.79 Å². The van der Waals surface area contributed by atoms with Crippen molar-refractivity contribution in [2.24, 2.45) is 0 Å². The van der Waals surface area contributed by atoms with Gasteiger partial charge in [-0.1, -0.05) is 30.3 Å². The third kappa shape index (κ3) is 3.84. The lowest BCUT2D eigenvalue weighted by atomic mass is 10.1. The number of nitrogens with one attached hydrogen (secondary N) is 1. The third-order valence-electron chi connectivity index (χ3n) is 2.90. The quantitative estimate of drug-likeness (QED) is 0.911. The fraction of sp³-hybridized carbons (Fsp3) is 0.188. The van der Waals surface area contributed by atoms with Gasteiger partial charge < -0.3 is 5.32 Å². The van der Waals surface area contributed by atoms with Crippen molar-refractivity contribution < 1.29 is 9.18 Å². The SMILES string of the molecule is CSCc1cccc(C(=O)NCc2ccccc2F)c1. The summed E-state index contributed by atoms with van der Waals surface area (Å²) in [5.74, 6) is 0.383. The lowest BCUT2D eigenvalue weighted by Crippen LogP contribution is -2.23. The van der Waals surface area contributed by atoms with Crippen LogP contribution in [0.15, 0.2) is 48.5 Å². The van der Waals surface area contributed by atoms with E-state index in [4.69, 9.17) is 0 Å². The molecule has 2 aromatic rings. The molecular formula is C16H16FNOS. The van der Waals surface area contributed by atoms with Crippen molar-refractivity contribution in [1.82, 2.24) is 5.32 Å². The molecule has 0 aliphatic heterocycles. The highest BCUT2D eigenvalue weighted by Crippen LogP contribution is 2.12. The van der Waals surface area contributed by atoms with E-state index in [0.29, 0.717) is 11.1 Å². The molecule has 0 fully saturated rings. The lowest BCUT2D eigenvalue weighted by molar-refractivity contribution is 0.0950. The van der Waals surface area contributed by atoms with Gasteiger partial charge in [-0.25, -0.2) is 4.39 Å². The predicted octanol–water partition coefficient (Wildman–Crippen LogP) is 3.62. The molecule has 0 saturated heterocycles. The minimum Gasteiger partial charge on any atom is -0.348 e. The van der Waals surface area contributed by atoms with Crippen LogP contribution in [0.1, 0.15) is 21.5 Å². The van der Waals surface area contributed by atoms with Crippen molar-refractivity contribution in [1.29, 1.82) is 0 Å². The molecule has 0 saturated carbocycles. The van der Waals surface area contributed by atoms with Gasteiger partial charge in [0.1, 0.15) is 5.82 Å². The second-order valence-electron chi connectivity index (χ2n) is 4.41. The highest BCUT2D eigenvalue weighted by Gasteiger charge is 2.07. The maximum absolute atomic E-state index is 13.5. The van der Waals surface area contributed by atoms with E-state index < -0.39 is 0 Å². The molecule has 1 N–H and O–H groups in total. The normalized spacial score (nSPS) is 10.3. The Kier molecular flexibility index (Phi) is 5.18. The van der Waals surface area contributed by atoms with E-state index in [1.54, 1.807) is 36.0 Å². The van der Waals surface area contributed by atoms with Crippen LogP contribution < -0.4 is 5.32 Å². The number of carbonyl (C=O) groups is 1. The van der Waals surface area contributed by atoms with Crippen LogP contribution in [0, 0.1) is 5.82 Å². The Morgan fingerprint density at radius 2 is 2.00 bits per heavy atom. The number of hydrogen-bond donors (Lipinski definition) is 1. The summed E-state index contributed by atoms with van der Waals surface area (Å²) >= 11 is 1.71. The Morgan fingerprint density at radius 3 is 2.75 bits per heavy atom. The summed E-state index contributed by atoms with van der Waals surface area (Å²) in [6.45, 7) is 0.193. The van der Waals surface area contributed by atoms with Gasteiger partial charge in [0.15, 0.2) is 0 Å². The van der Waals surface area contributed by atoms with Gasteiger partial charge >= 0.3 is 0 Å². The molecule has 0 spiro atoms. The highest BCUT2D eigenvalue weighted by atomic mass is 32.2. The van der Waals surface area contributed by atoms with Crippen LogP contribution in [0.5, 0.6) is 0 Å². The van der Waals surface area contributed by atoms with Crippen LogP contribution in [-0.4, -0.2) is 12.2 Å². The lowest BCUT2D eigenvalue weighted by Gasteiger charge is -2.07. The topological polar surface area (TPSA) is 29.1 Å². The van der Waals surface area contributed by atoms with E-state index in [0.717, 1.165) is 11.3 Å². The average Bonchev–Trinajstić information content (AvgIpc) is 2.47. The van der Waals surface area contributed by atoms with Gasteiger partial charge in [0, 0.05) is 23.4 Å². The van der Waals surface area contributed by atoms with Gasteiger partial charge in [0.2, 0.25) is 0 Å². The Balaban J connectivity index is 2.01. The second kappa shape index (κ2) is 7.10. The monoisotopic (exact) mass is 289 g/mol. The zero-order valence-electron chi connectivity index (χ0n) is 11.2. The molecule has 0 aromatic heterocycles. The molecule has 0 aliphatic rings. The summed E-state index contributed by atoms with van der Waals surface area (Å²) in [6, 6.07) is 13.9. The zero-order valence-corrected chi connectivity index (χ0v) is 12.0. The van der Waals surface area contributed by atoms with Crippen LogP contribution in [-0.2, 0) is 12.3 Å². The molecule has 20 heavy (non-hydrogen) atoms. The molecule has 4 heteroatoms. The highest BCUT2D eigenvalue weighted by molar-refractivity contribution is 7.97. The molecule has 0 bridgehead atoms. The summed E-state index contributed by atoms with van der Waals surface area (Å²) < 4.78 is 13.5. The summed E-state index contributed by atoms with van der Waals surface area (Å²) in [7, 11) is 0. The van der Waals surface area contributed by atoms with E-state index in [9.17, 15) is 9.18 Å². The first-order chi connectivity index (χ1) is 9.70. The Bertz CT molecular complexity index is 601. The third-order valence-corrected chi connectivity index (χ3v) is 3.52. The number of rotatable bonds is 5. The van der Waals surface area contributed by atoms with E-state index >= 15 is 0 Å². The molecule has 0 heterocycles. The maximum Gasteiger partial charge on any atom is 0.251 e. The van der Waals surface area contributed by atoms with Crippen molar-refractivity contribution >= 4 is 17.7 Å². The van der Waals surface area contributed by atoms with Crippen LogP contribution in [0.2, 0.25) is 0 Å². The molecule has 0 radical (unpaired) electrons. The summed E-state index contributed by atoms with van der Waals surface area (Å²) in [6.07, 6.45) is 2.02. The van der Waals surface area contributed by atoms with Crippen molar-refractivity contribution in [2.75, 3.05) is 6.26 Å². The first-order valence-corrected chi connectivity index (χ1v) is 7.69. The standard InChI is InChI=1S/C16H16FNOS/c1-20-11-12-5-4-7-13(9-12)16(19)18-10-14-6-2-3-8-15(14)17/h2-9H,10-11H2,1H3,(H,18,19). The fourth-order valence-electron chi connectivity index (χ4n) is 1.89. The van der Waals surface area contributed by atoms with Crippen LogP contribution in [0.3, 0.4) is 0 Å². The first kappa shape index (κ1) is 14.6. The Morgan fingerprint density at radius 1 is 1.20 bits per heavy atom. The minimum atomic E-state index is -0.302. The van der Waals surface area contributed by atoms with Gasteiger partial charge in [0.05, 0.1) is 0 Å². The zero-order chi connectivity index (χ0) is 14.4. The number of thioether (sulfide) groups is 1. The molecule has 2 nitrogen and oxygen atoms in total. The largest absolute Gasteiger partial charge is 0.348 e. The number of benzene rings is 2. The molecule has 2 aromatic carbocycles. The minimum absolute atomic E-state index is 0.184. The van der Waals surface area contributed by atoms with Gasteiger partial charge in [0.25, 0.3) is 5.91 Å². The van der Waals surface area contributed by atoms with E-state index in [-0.39, 0.29) is 18.3 Å². The number of carbonyl (C=O) groups excluding carboxylic acids is 1. The second-order valence-corrected chi connectivity index (χ2v) is 5.27. The number of amides is 1. The Labute approximate surface area is 122 Å². The Hall–Kier alpha value is -1.81. The van der Waals surface area contributed by atoms with Gasteiger partial charge in [-0.05, 0) is 30.0 Å². The van der Waals surface area contributed by atoms with Crippen LogP contribution >= 0.6 is 11.8 Å². The molecule has 104 valence electrons. The van der Waals surface area contributed by atoms with Crippen LogP contribution in [0.4, 0.5) is 4.39 Å². The number of halogens is 1. The van der Waals surface area contributed by atoms with Crippen LogP contribution in [0.25, 0.3) is 0 Å². The molecule has 0 unspecified atom stereocenters. The molecule has 0 atom stereocenters. The van der Waals surface area contributed by atoms with E-state index in [1.165, 1.54) is 6.07 Å². The van der Waals surface area contributed by atoms with Crippen molar-refractivity contribution in [3.8, 4) is 0 Å². The molecule has 1 amide bonds. The predicted molar refractivity (Wildman–Crippen MR) is 81.2 cm³/mol. The summed E-state index contributed by atoms with van der Waals surface area (Å²) in [5.41, 5.74) is 2.20. The number of hydrogen-bond acceptors (Lipinski definition) is 2. The van der Waals surface area contributed by atoms with Gasteiger partial charge in [-0.2, -0.15) is 11.8 Å².